The predicted octanol–water partition coefficient (Wildman–Crippen LogP) is 2.37. The highest BCUT2D eigenvalue weighted by Gasteiger charge is 2.12. The van der Waals surface area contributed by atoms with Crippen molar-refractivity contribution in [2.45, 2.75) is 13.0 Å². The lowest BCUT2D eigenvalue weighted by molar-refractivity contribution is 0.0698. The largest absolute Gasteiger partial charge is 0.478 e. The molecule has 1 aromatic carbocycles. The van der Waals surface area contributed by atoms with Crippen LogP contribution in [0.3, 0.4) is 0 Å². The average molecular weight is 267 g/mol. The van der Waals surface area contributed by atoms with Gasteiger partial charge in [-0.15, -0.1) is 0 Å². The molecule has 2 aromatic heterocycles. The number of aryl methyl sites for hydroxylation is 2. The van der Waals surface area contributed by atoms with Gasteiger partial charge in [0.15, 0.2) is 0 Å². The van der Waals surface area contributed by atoms with Crippen LogP contribution in [0.1, 0.15) is 15.9 Å². The fraction of sp³-hybridized carbons (Fsp3) is 0.133. The van der Waals surface area contributed by atoms with Crippen molar-refractivity contribution in [3.63, 3.8) is 0 Å². The maximum atomic E-state index is 11.3. The lowest BCUT2D eigenvalue weighted by Gasteiger charge is -2.06. The van der Waals surface area contributed by atoms with Gasteiger partial charge in [-0.3, -0.25) is 4.98 Å². The van der Waals surface area contributed by atoms with Crippen molar-refractivity contribution in [1.29, 1.82) is 0 Å². The normalized spacial score (nSPS) is 10.8. The fourth-order valence-corrected chi connectivity index (χ4v) is 2.27. The van der Waals surface area contributed by atoms with E-state index in [4.69, 9.17) is 0 Å². The number of para-hydroxylation sites is 1. The Hall–Kier alpha value is -2.69. The molecule has 0 saturated carbocycles. The van der Waals surface area contributed by atoms with Crippen molar-refractivity contribution < 1.29 is 9.90 Å². The van der Waals surface area contributed by atoms with Gasteiger partial charge in [-0.25, -0.2) is 9.78 Å². The summed E-state index contributed by atoms with van der Waals surface area (Å²) >= 11 is 0. The molecule has 0 saturated heterocycles. The average Bonchev–Trinajstić information content (AvgIpc) is 2.89. The molecule has 0 bridgehead atoms. The van der Waals surface area contributed by atoms with E-state index >= 15 is 0 Å². The molecule has 0 atom stereocenters. The van der Waals surface area contributed by atoms with Crippen LogP contribution >= 0.6 is 0 Å². The number of carboxylic acids is 1. The van der Waals surface area contributed by atoms with Crippen LogP contribution in [0.4, 0.5) is 0 Å². The fourth-order valence-electron chi connectivity index (χ4n) is 2.27. The van der Waals surface area contributed by atoms with Crippen LogP contribution in [0.5, 0.6) is 0 Å². The Bertz CT molecular complexity index is 750. The summed E-state index contributed by atoms with van der Waals surface area (Å²) in [6, 6.07) is 9.06. The number of hydrogen-bond donors (Lipinski definition) is 1. The van der Waals surface area contributed by atoms with E-state index in [1.165, 1.54) is 0 Å². The molecule has 0 fully saturated rings. The molecule has 20 heavy (non-hydrogen) atoms. The quantitative estimate of drug-likeness (QED) is 0.788. The van der Waals surface area contributed by atoms with Crippen molar-refractivity contribution in [3.8, 4) is 0 Å². The van der Waals surface area contributed by atoms with Crippen LogP contribution in [0, 0.1) is 0 Å². The first kappa shape index (κ1) is 12.3. The third-order valence-electron chi connectivity index (χ3n) is 3.26. The van der Waals surface area contributed by atoms with Crippen LogP contribution in [0.15, 0.2) is 49.1 Å². The van der Waals surface area contributed by atoms with Gasteiger partial charge in [0, 0.05) is 18.9 Å². The zero-order chi connectivity index (χ0) is 13.9. The SMILES string of the molecule is O=C(O)c1cccc2ncn(CCc3ccncc3)c12. The molecule has 0 aliphatic rings. The molecule has 0 aliphatic heterocycles. The monoisotopic (exact) mass is 267 g/mol. The molecule has 0 amide bonds. The molecular weight excluding hydrogens is 254 g/mol. The van der Waals surface area contributed by atoms with Crippen LogP contribution in [-0.2, 0) is 13.0 Å². The standard InChI is InChI=1S/C15H13N3O2/c19-15(20)12-2-1-3-13-14(12)18(10-17-13)9-6-11-4-7-16-8-5-11/h1-5,7-8,10H,6,9H2,(H,19,20). The first-order chi connectivity index (χ1) is 9.75. The van der Waals surface area contributed by atoms with Gasteiger partial charge in [0.2, 0.25) is 0 Å². The van der Waals surface area contributed by atoms with Crippen LogP contribution in [0.2, 0.25) is 0 Å². The second kappa shape index (κ2) is 5.13. The highest BCUT2D eigenvalue weighted by Crippen LogP contribution is 2.18. The van der Waals surface area contributed by atoms with E-state index in [9.17, 15) is 9.90 Å². The van der Waals surface area contributed by atoms with Crippen LogP contribution < -0.4 is 0 Å². The van der Waals surface area contributed by atoms with E-state index in [2.05, 4.69) is 9.97 Å². The minimum absolute atomic E-state index is 0.287. The summed E-state index contributed by atoms with van der Waals surface area (Å²) in [6.07, 6.45) is 6.01. The molecule has 100 valence electrons. The first-order valence-corrected chi connectivity index (χ1v) is 6.32. The lowest BCUT2D eigenvalue weighted by Crippen LogP contribution is -2.05. The number of carbonyl (C=O) groups is 1. The Morgan fingerprint density at radius 3 is 2.75 bits per heavy atom. The van der Waals surface area contributed by atoms with Gasteiger partial charge in [0.25, 0.3) is 0 Å². The minimum Gasteiger partial charge on any atom is -0.478 e. The van der Waals surface area contributed by atoms with E-state index < -0.39 is 5.97 Å². The summed E-state index contributed by atoms with van der Waals surface area (Å²) in [4.78, 5) is 19.5. The van der Waals surface area contributed by atoms with Crippen molar-refractivity contribution in [2.24, 2.45) is 0 Å². The number of aromatic nitrogens is 3. The number of aromatic carboxylic acids is 1. The Kier molecular flexibility index (Phi) is 3.16. The van der Waals surface area contributed by atoms with Gasteiger partial charge in [-0.1, -0.05) is 6.07 Å². The summed E-state index contributed by atoms with van der Waals surface area (Å²) in [5.74, 6) is -0.929. The van der Waals surface area contributed by atoms with E-state index in [-0.39, 0.29) is 5.56 Å². The van der Waals surface area contributed by atoms with Crippen molar-refractivity contribution in [3.05, 3.63) is 60.2 Å². The van der Waals surface area contributed by atoms with Gasteiger partial charge in [0.1, 0.15) is 0 Å². The molecule has 0 unspecified atom stereocenters. The summed E-state index contributed by atoms with van der Waals surface area (Å²) in [7, 11) is 0. The maximum Gasteiger partial charge on any atom is 0.337 e. The van der Waals surface area contributed by atoms with E-state index in [0.29, 0.717) is 17.6 Å². The number of carboxylic acid groups (broad SMARTS) is 1. The van der Waals surface area contributed by atoms with Crippen molar-refractivity contribution >= 4 is 17.0 Å². The van der Waals surface area contributed by atoms with E-state index in [1.807, 2.05) is 22.8 Å². The third-order valence-corrected chi connectivity index (χ3v) is 3.26. The zero-order valence-corrected chi connectivity index (χ0v) is 10.7. The number of nitrogens with zero attached hydrogens (tertiary/aromatic N) is 3. The molecular formula is C15H13N3O2. The van der Waals surface area contributed by atoms with Crippen LogP contribution in [0.25, 0.3) is 11.0 Å². The number of benzene rings is 1. The molecule has 5 nitrogen and oxygen atoms in total. The topological polar surface area (TPSA) is 68.0 Å². The smallest absolute Gasteiger partial charge is 0.337 e. The van der Waals surface area contributed by atoms with Gasteiger partial charge >= 0.3 is 5.97 Å². The zero-order valence-electron chi connectivity index (χ0n) is 10.7. The van der Waals surface area contributed by atoms with Gasteiger partial charge < -0.3 is 9.67 Å². The molecule has 0 spiro atoms. The van der Waals surface area contributed by atoms with Gasteiger partial charge in [0.05, 0.1) is 22.9 Å². The maximum absolute atomic E-state index is 11.3. The number of fused-ring (bicyclic) bond motifs is 1. The molecule has 0 radical (unpaired) electrons. The molecule has 3 rings (SSSR count). The second-order valence-corrected chi connectivity index (χ2v) is 4.52. The van der Waals surface area contributed by atoms with Gasteiger partial charge in [-0.05, 0) is 36.2 Å². The molecule has 5 heteroatoms. The predicted molar refractivity (Wildman–Crippen MR) is 74.6 cm³/mol. The first-order valence-electron chi connectivity index (χ1n) is 6.32. The summed E-state index contributed by atoms with van der Waals surface area (Å²) in [6.45, 7) is 0.685. The third kappa shape index (κ3) is 2.25. The highest BCUT2D eigenvalue weighted by molar-refractivity contribution is 6.01. The summed E-state index contributed by atoms with van der Waals surface area (Å²) in [5, 5.41) is 9.26. The summed E-state index contributed by atoms with van der Waals surface area (Å²) in [5.41, 5.74) is 2.83. The van der Waals surface area contributed by atoms with E-state index in [0.717, 1.165) is 12.0 Å². The molecule has 1 N–H and O–H groups in total. The molecule has 2 heterocycles. The molecule has 3 aromatic rings. The summed E-state index contributed by atoms with van der Waals surface area (Å²) < 4.78 is 1.89. The number of pyridine rings is 1. The highest BCUT2D eigenvalue weighted by atomic mass is 16.4. The lowest BCUT2D eigenvalue weighted by atomic mass is 10.1. The Labute approximate surface area is 115 Å². The Morgan fingerprint density at radius 1 is 1.20 bits per heavy atom. The van der Waals surface area contributed by atoms with Crippen molar-refractivity contribution in [2.75, 3.05) is 0 Å². The van der Waals surface area contributed by atoms with Gasteiger partial charge in [-0.2, -0.15) is 0 Å². The van der Waals surface area contributed by atoms with E-state index in [1.54, 1.807) is 30.9 Å². The Balaban J connectivity index is 1.94. The number of imidazole rings is 1. The molecule has 0 aliphatic carbocycles. The minimum atomic E-state index is -0.929. The Morgan fingerprint density at radius 2 is 2.00 bits per heavy atom. The number of rotatable bonds is 4. The second-order valence-electron chi connectivity index (χ2n) is 4.52. The van der Waals surface area contributed by atoms with Crippen molar-refractivity contribution in [1.82, 2.24) is 14.5 Å². The van der Waals surface area contributed by atoms with Crippen LogP contribution in [-0.4, -0.2) is 25.6 Å². The number of hydrogen-bond acceptors (Lipinski definition) is 3.